The van der Waals surface area contributed by atoms with Crippen LogP contribution in [0, 0.1) is 11.5 Å². The molecule has 0 spiro atoms. The van der Waals surface area contributed by atoms with Gasteiger partial charge in [-0.1, -0.05) is 24.8 Å². The SMILES string of the molecule is CN(CCNC(=O)S)C(=O)OCc1ccc(OC#N)cc1. The van der Waals surface area contributed by atoms with Gasteiger partial charge in [-0.05, 0) is 17.7 Å². The molecule has 0 aliphatic heterocycles. The number of nitrogens with one attached hydrogen (secondary N) is 1. The van der Waals surface area contributed by atoms with Gasteiger partial charge in [0.05, 0.1) is 0 Å². The monoisotopic (exact) mass is 309 g/mol. The number of nitrogens with zero attached hydrogens (tertiary/aromatic N) is 2. The molecule has 0 aliphatic rings. The van der Waals surface area contributed by atoms with Gasteiger partial charge in [-0.15, -0.1) is 5.26 Å². The van der Waals surface area contributed by atoms with Gasteiger partial charge in [0, 0.05) is 20.1 Å². The summed E-state index contributed by atoms with van der Waals surface area (Å²) in [5.41, 5.74) is 0.769. The molecule has 0 radical (unpaired) electrons. The largest absolute Gasteiger partial charge is 0.445 e. The van der Waals surface area contributed by atoms with Crippen molar-refractivity contribution in [2.45, 2.75) is 6.61 Å². The highest BCUT2D eigenvalue weighted by Crippen LogP contribution is 2.12. The van der Waals surface area contributed by atoms with Crippen molar-refractivity contribution >= 4 is 24.0 Å². The Labute approximate surface area is 127 Å². The van der Waals surface area contributed by atoms with Crippen molar-refractivity contribution in [3.63, 3.8) is 0 Å². The second-order valence-electron chi connectivity index (χ2n) is 4.05. The van der Waals surface area contributed by atoms with Gasteiger partial charge in [0.15, 0.2) is 0 Å². The normalized spacial score (nSPS) is 9.38. The highest BCUT2D eigenvalue weighted by molar-refractivity contribution is 7.96. The van der Waals surface area contributed by atoms with E-state index in [0.29, 0.717) is 18.8 Å². The molecule has 2 amide bonds. The van der Waals surface area contributed by atoms with Gasteiger partial charge in [0.25, 0.3) is 11.5 Å². The van der Waals surface area contributed by atoms with Crippen LogP contribution in [0.1, 0.15) is 5.56 Å². The molecule has 1 aromatic carbocycles. The second kappa shape index (κ2) is 8.71. The number of carbonyl (C=O) groups excluding carboxylic acids is 2. The Balaban J connectivity index is 2.34. The van der Waals surface area contributed by atoms with Gasteiger partial charge in [-0.2, -0.15) is 0 Å². The van der Waals surface area contributed by atoms with Gasteiger partial charge in [-0.25, -0.2) is 4.79 Å². The maximum absolute atomic E-state index is 11.7. The fraction of sp³-hybridized carbons (Fsp3) is 0.308. The van der Waals surface area contributed by atoms with Crippen molar-refractivity contribution in [3.05, 3.63) is 29.8 Å². The van der Waals surface area contributed by atoms with Crippen LogP contribution >= 0.6 is 12.6 Å². The summed E-state index contributed by atoms with van der Waals surface area (Å²) in [4.78, 5) is 23.6. The Bertz CT molecular complexity index is 527. The smallest absolute Gasteiger partial charge is 0.409 e. The molecule has 0 aliphatic carbocycles. The zero-order valence-electron chi connectivity index (χ0n) is 11.4. The number of likely N-dealkylation sites (N-methyl/N-ethyl adjacent to an activating group) is 1. The van der Waals surface area contributed by atoms with Crippen molar-refractivity contribution < 1.29 is 19.1 Å². The zero-order valence-corrected chi connectivity index (χ0v) is 12.3. The molecule has 7 nitrogen and oxygen atoms in total. The quantitative estimate of drug-likeness (QED) is 0.617. The van der Waals surface area contributed by atoms with Gasteiger partial charge in [0.2, 0.25) is 0 Å². The standard InChI is InChI=1S/C13H15N3O4S/c1-16(7-6-15-12(17)21)13(18)19-8-10-2-4-11(5-3-10)20-9-14/h2-5H,6-8H2,1H3,(H2,15,17,21). The minimum absolute atomic E-state index is 0.106. The molecule has 1 rings (SSSR count). The summed E-state index contributed by atoms with van der Waals surface area (Å²) < 4.78 is 9.73. The maximum atomic E-state index is 11.7. The second-order valence-corrected chi connectivity index (χ2v) is 4.45. The van der Waals surface area contributed by atoms with Crippen LogP contribution in [0.25, 0.3) is 0 Å². The van der Waals surface area contributed by atoms with Crippen LogP contribution in [-0.2, 0) is 11.3 Å². The Morgan fingerprint density at radius 2 is 2.05 bits per heavy atom. The summed E-state index contributed by atoms with van der Waals surface area (Å²) in [6.45, 7) is 0.725. The van der Waals surface area contributed by atoms with E-state index < -0.39 is 11.3 Å². The van der Waals surface area contributed by atoms with Crippen LogP contribution in [0.3, 0.4) is 0 Å². The Kier molecular flexibility index (Phi) is 6.91. The fourth-order valence-corrected chi connectivity index (χ4v) is 1.50. The van der Waals surface area contributed by atoms with E-state index in [0.717, 1.165) is 5.56 Å². The van der Waals surface area contributed by atoms with E-state index in [2.05, 4.69) is 22.7 Å². The van der Waals surface area contributed by atoms with E-state index in [1.165, 1.54) is 4.90 Å². The van der Waals surface area contributed by atoms with Gasteiger partial charge in [-0.3, -0.25) is 4.79 Å². The third-order valence-electron chi connectivity index (χ3n) is 2.48. The zero-order chi connectivity index (χ0) is 15.7. The molecule has 0 heterocycles. The Hall–Kier alpha value is -2.40. The lowest BCUT2D eigenvalue weighted by Gasteiger charge is -2.16. The molecule has 0 saturated heterocycles. The number of thiol groups is 1. The number of carbonyl (C=O) groups is 2. The first kappa shape index (κ1) is 16.7. The molecule has 0 fully saturated rings. The van der Waals surface area contributed by atoms with E-state index in [9.17, 15) is 9.59 Å². The molecular weight excluding hydrogens is 294 g/mol. The van der Waals surface area contributed by atoms with E-state index in [4.69, 9.17) is 10.00 Å². The van der Waals surface area contributed by atoms with Crippen LogP contribution in [0.2, 0.25) is 0 Å². The summed E-state index contributed by atoms with van der Waals surface area (Å²) in [7, 11) is 1.57. The number of benzene rings is 1. The Morgan fingerprint density at radius 1 is 1.38 bits per heavy atom. The molecule has 1 N–H and O–H groups in total. The van der Waals surface area contributed by atoms with Gasteiger partial charge < -0.3 is 19.7 Å². The lowest BCUT2D eigenvalue weighted by Crippen LogP contribution is -2.34. The van der Waals surface area contributed by atoms with Gasteiger partial charge in [0.1, 0.15) is 12.4 Å². The molecular formula is C13H15N3O4S. The van der Waals surface area contributed by atoms with Crippen LogP contribution < -0.4 is 10.1 Å². The summed E-state index contributed by atoms with van der Waals surface area (Å²) in [5, 5.41) is 10.4. The lowest BCUT2D eigenvalue weighted by molar-refractivity contribution is 0.105. The number of hydrogen-bond donors (Lipinski definition) is 2. The molecule has 0 aromatic heterocycles. The Morgan fingerprint density at radius 3 is 2.62 bits per heavy atom. The van der Waals surface area contributed by atoms with Crippen LogP contribution in [0.15, 0.2) is 24.3 Å². The van der Waals surface area contributed by atoms with Gasteiger partial charge >= 0.3 is 6.09 Å². The van der Waals surface area contributed by atoms with E-state index in [1.807, 2.05) is 0 Å². The molecule has 1 aromatic rings. The maximum Gasteiger partial charge on any atom is 0.409 e. The molecule has 0 atom stereocenters. The summed E-state index contributed by atoms with van der Waals surface area (Å²) in [6.07, 6.45) is 1.07. The molecule has 21 heavy (non-hydrogen) atoms. The molecule has 112 valence electrons. The highest BCUT2D eigenvalue weighted by atomic mass is 32.1. The number of rotatable bonds is 6. The van der Waals surface area contributed by atoms with Crippen molar-refractivity contribution in [1.29, 1.82) is 5.26 Å². The third kappa shape index (κ3) is 6.54. The minimum Gasteiger partial charge on any atom is -0.445 e. The van der Waals surface area contributed by atoms with Crippen molar-refractivity contribution in [1.82, 2.24) is 10.2 Å². The first-order chi connectivity index (χ1) is 10.0. The lowest BCUT2D eigenvalue weighted by atomic mass is 10.2. The summed E-state index contributed by atoms with van der Waals surface area (Å²) in [6, 6.07) is 6.61. The average Bonchev–Trinajstić information content (AvgIpc) is 2.46. The predicted molar refractivity (Wildman–Crippen MR) is 77.9 cm³/mol. The summed E-state index contributed by atoms with van der Waals surface area (Å²) >= 11 is 3.55. The molecule has 0 unspecified atom stereocenters. The molecule has 8 heteroatoms. The van der Waals surface area contributed by atoms with Crippen LogP contribution in [0.4, 0.5) is 9.59 Å². The van der Waals surface area contributed by atoms with E-state index in [1.54, 1.807) is 37.6 Å². The first-order valence-electron chi connectivity index (χ1n) is 6.02. The number of ether oxygens (including phenoxy) is 2. The average molecular weight is 309 g/mol. The number of hydrogen-bond acceptors (Lipinski definition) is 5. The van der Waals surface area contributed by atoms with E-state index in [-0.39, 0.29) is 6.61 Å². The highest BCUT2D eigenvalue weighted by Gasteiger charge is 2.10. The topological polar surface area (TPSA) is 91.7 Å². The first-order valence-corrected chi connectivity index (χ1v) is 6.47. The fourth-order valence-electron chi connectivity index (χ4n) is 1.38. The van der Waals surface area contributed by atoms with Crippen molar-refractivity contribution in [3.8, 4) is 12.0 Å². The van der Waals surface area contributed by atoms with Crippen molar-refractivity contribution in [2.75, 3.05) is 20.1 Å². The minimum atomic E-state index is -0.499. The third-order valence-corrected chi connectivity index (χ3v) is 2.64. The van der Waals surface area contributed by atoms with Crippen molar-refractivity contribution in [2.24, 2.45) is 0 Å². The number of nitriles is 1. The predicted octanol–water partition coefficient (Wildman–Crippen LogP) is 1.75. The summed E-state index contributed by atoms with van der Waals surface area (Å²) in [5.74, 6) is 0.423. The molecule has 0 bridgehead atoms. The number of amides is 2. The molecule has 0 saturated carbocycles. The van der Waals surface area contributed by atoms with E-state index >= 15 is 0 Å². The van der Waals surface area contributed by atoms with Crippen LogP contribution in [-0.4, -0.2) is 36.4 Å². The van der Waals surface area contributed by atoms with Crippen LogP contribution in [0.5, 0.6) is 5.75 Å².